The summed E-state index contributed by atoms with van der Waals surface area (Å²) in [6.07, 6.45) is 0. The fourth-order valence-electron chi connectivity index (χ4n) is 2.10. The van der Waals surface area contributed by atoms with E-state index < -0.39 is 0 Å². The van der Waals surface area contributed by atoms with Crippen LogP contribution in [0.4, 0.5) is 10.1 Å². The van der Waals surface area contributed by atoms with Crippen LogP contribution in [0.3, 0.4) is 0 Å². The van der Waals surface area contributed by atoms with Gasteiger partial charge in [0.1, 0.15) is 5.82 Å². The molecular formula is C17H17FN2O2. The monoisotopic (exact) mass is 300 g/mol. The van der Waals surface area contributed by atoms with E-state index in [9.17, 15) is 14.0 Å². The lowest BCUT2D eigenvalue weighted by Gasteiger charge is -2.17. The Morgan fingerprint density at radius 2 is 1.82 bits per heavy atom. The Labute approximate surface area is 128 Å². The van der Waals surface area contributed by atoms with Crippen LogP contribution in [0.2, 0.25) is 0 Å². The number of nitrogens with one attached hydrogen (secondary N) is 1. The molecule has 0 aliphatic carbocycles. The highest BCUT2D eigenvalue weighted by Crippen LogP contribution is 2.13. The van der Waals surface area contributed by atoms with Crippen molar-refractivity contribution in [2.75, 3.05) is 12.4 Å². The average molecular weight is 300 g/mol. The summed E-state index contributed by atoms with van der Waals surface area (Å²) in [6, 6.07) is 12.8. The third-order valence-electron chi connectivity index (χ3n) is 3.11. The third-order valence-corrected chi connectivity index (χ3v) is 3.11. The summed E-state index contributed by atoms with van der Waals surface area (Å²) in [5.41, 5.74) is 1.87. The molecule has 0 fully saturated rings. The first kappa shape index (κ1) is 15.7. The van der Waals surface area contributed by atoms with Crippen LogP contribution in [0.15, 0.2) is 48.5 Å². The Morgan fingerprint density at radius 1 is 1.14 bits per heavy atom. The Hall–Kier alpha value is -2.69. The summed E-state index contributed by atoms with van der Waals surface area (Å²) < 4.78 is 13.2. The normalized spacial score (nSPS) is 10.1. The van der Waals surface area contributed by atoms with Crippen molar-refractivity contribution in [3.63, 3.8) is 0 Å². The van der Waals surface area contributed by atoms with Crippen molar-refractivity contribution in [2.45, 2.75) is 13.5 Å². The topological polar surface area (TPSA) is 49.4 Å². The van der Waals surface area contributed by atoms with Crippen molar-refractivity contribution < 1.29 is 14.0 Å². The number of nitrogens with zero attached hydrogens (tertiary/aromatic N) is 1. The maximum absolute atomic E-state index is 13.2. The maximum atomic E-state index is 13.2. The highest BCUT2D eigenvalue weighted by atomic mass is 19.1. The lowest BCUT2D eigenvalue weighted by Crippen LogP contribution is -2.26. The van der Waals surface area contributed by atoms with Gasteiger partial charge in [-0.25, -0.2) is 4.39 Å². The Kier molecular flexibility index (Phi) is 4.88. The molecule has 114 valence electrons. The van der Waals surface area contributed by atoms with Crippen LogP contribution in [0.1, 0.15) is 22.8 Å². The number of hydrogen-bond acceptors (Lipinski definition) is 2. The number of halogens is 1. The molecule has 0 unspecified atom stereocenters. The van der Waals surface area contributed by atoms with Crippen LogP contribution in [0, 0.1) is 5.82 Å². The van der Waals surface area contributed by atoms with Gasteiger partial charge < -0.3 is 10.2 Å². The van der Waals surface area contributed by atoms with Crippen molar-refractivity contribution >= 4 is 17.5 Å². The van der Waals surface area contributed by atoms with E-state index in [0.29, 0.717) is 17.8 Å². The van der Waals surface area contributed by atoms with E-state index in [4.69, 9.17) is 0 Å². The highest BCUT2D eigenvalue weighted by molar-refractivity contribution is 5.95. The average Bonchev–Trinajstić information content (AvgIpc) is 2.46. The minimum Gasteiger partial charge on any atom is -0.337 e. The zero-order chi connectivity index (χ0) is 16.1. The Balaban J connectivity index is 2.05. The summed E-state index contributed by atoms with van der Waals surface area (Å²) in [5, 5.41) is 2.64. The van der Waals surface area contributed by atoms with Crippen LogP contribution < -0.4 is 5.32 Å². The van der Waals surface area contributed by atoms with Crippen molar-refractivity contribution in [2.24, 2.45) is 0 Å². The van der Waals surface area contributed by atoms with E-state index in [0.717, 1.165) is 5.56 Å². The smallest absolute Gasteiger partial charge is 0.253 e. The highest BCUT2D eigenvalue weighted by Gasteiger charge is 2.12. The first-order chi connectivity index (χ1) is 10.5. The van der Waals surface area contributed by atoms with E-state index in [2.05, 4.69) is 5.32 Å². The minimum absolute atomic E-state index is 0.165. The molecule has 0 saturated heterocycles. The Bertz CT molecular complexity index is 683. The first-order valence-electron chi connectivity index (χ1n) is 6.83. The maximum Gasteiger partial charge on any atom is 0.253 e. The molecule has 4 nitrogen and oxygen atoms in total. The van der Waals surface area contributed by atoms with E-state index in [-0.39, 0.29) is 17.6 Å². The quantitative estimate of drug-likeness (QED) is 0.943. The van der Waals surface area contributed by atoms with Gasteiger partial charge in [0.05, 0.1) is 0 Å². The van der Waals surface area contributed by atoms with E-state index in [1.54, 1.807) is 43.4 Å². The molecule has 22 heavy (non-hydrogen) atoms. The van der Waals surface area contributed by atoms with Crippen molar-refractivity contribution in [1.29, 1.82) is 0 Å². The summed E-state index contributed by atoms with van der Waals surface area (Å²) in [7, 11) is 1.66. The molecule has 0 bridgehead atoms. The zero-order valence-corrected chi connectivity index (χ0v) is 12.5. The van der Waals surface area contributed by atoms with Gasteiger partial charge in [-0.15, -0.1) is 0 Å². The fraction of sp³-hybridized carbons (Fsp3) is 0.176. The molecule has 0 aliphatic heterocycles. The van der Waals surface area contributed by atoms with Crippen LogP contribution in [-0.2, 0) is 11.3 Å². The predicted octanol–water partition coefficient (Wildman–Crippen LogP) is 3.06. The molecule has 2 aromatic rings. The molecule has 2 aromatic carbocycles. The summed E-state index contributed by atoms with van der Waals surface area (Å²) >= 11 is 0. The first-order valence-corrected chi connectivity index (χ1v) is 6.83. The second-order valence-corrected chi connectivity index (χ2v) is 5.05. The lowest BCUT2D eigenvalue weighted by molar-refractivity contribution is -0.114. The number of rotatable bonds is 4. The number of amides is 2. The molecule has 0 spiro atoms. The molecule has 0 saturated carbocycles. The molecule has 1 N–H and O–H groups in total. The minimum atomic E-state index is -0.321. The molecule has 0 atom stereocenters. The van der Waals surface area contributed by atoms with E-state index in [1.807, 2.05) is 0 Å². The van der Waals surface area contributed by atoms with Crippen molar-refractivity contribution in [3.8, 4) is 0 Å². The number of benzene rings is 2. The van der Waals surface area contributed by atoms with E-state index in [1.165, 1.54) is 24.0 Å². The molecular weight excluding hydrogens is 283 g/mol. The van der Waals surface area contributed by atoms with Gasteiger partial charge in [0.15, 0.2) is 0 Å². The van der Waals surface area contributed by atoms with Gasteiger partial charge in [-0.2, -0.15) is 0 Å². The molecule has 0 aromatic heterocycles. The van der Waals surface area contributed by atoms with Crippen LogP contribution in [0.25, 0.3) is 0 Å². The summed E-state index contributed by atoms with van der Waals surface area (Å²) in [5.74, 6) is -0.654. The van der Waals surface area contributed by atoms with Gasteiger partial charge in [-0.05, 0) is 42.0 Å². The molecule has 0 aliphatic rings. The van der Waals surface area contributed by atoms with Crippen molar-refractivity contribution in [1.82, 2.24) is 4.90 Å². The third kappa shape index (κ3) is 4.15. The molecule has 0 heterocycles. The number of carbonyl (C=O) groups is 2. The van der Waals surface area contributed by atoms with Gasteiger partial charge in [0, 0.05) is 31.8 Å². The fourth-order valence-corrected chi connectivity index (χ4v) is 2.10. The second kappa shape index (κ2) is 6.85. The number of carbonyl (C=O) groups excluding carboxylic acids is 2. The van der Waals surface area contributed by atoms with Gasteiger partial charge in [0.25, 0.3) is 5.91 Å². The molecule has 2 rings (SSSR count). The molecule has 5 heteroatoms. The van der Waals surface area contributed by atoms with Crippen LogP contribution >= 0.6 is 0 Å². The van der Waals surface area contributed by atoms with Gasteiger partial charge >= 0.3 is 0 Å². The predicted molar refractivity (Wildman–Crippen MR) is 82.9 cm³/mol. The second-order valence-electron chi connectivity index (χ2n) is 5.05. The number of hydrogen-bond donors (Lipinski definition) is 1. The van der Waals surface area contributed by atoms with Gasteiger partial charge in [0.2, 0.25) is 5.91 Å². The van der Waals surface area contributed by atoms with E-state index >= 15 is 0 Å². The Morgan fingerprint density at radius 3 is 2.41 bits per heavy atom. The summed E-state index contributed by atoms with van der Waals surface area (Å²) in [6.45, 7) is 1.75. The largest absolute Gasteiger partial charge is 0.337 e. The molecule has 0 radical (unpaired) electrons. The number of anilines is 1. The summed E-state index contributed by atoms with van der Waals surface area (Å²) in [4.78, 5) is 24.8. The zero-order valence-electron chi connectivity index (χ0n) is 12.5. The SMILES string of the molecule is CC(=O)Nc1ccc(C(=O)N(C)Cc2cccc(F)c2)cc1. The van der Waals surface area contributed by atoms with Crippen molar-refractivity contribution in [3.05, 3.63) is 65.5 Å². The standard InChI is InChI=1S/C17H17FN2O2/c1-12(21)19-16-8-6-14(7-9-16)17(22)20(2)11-13-4-3-5-15(18)10-13/h3-10H,11H2,1-2H3,(H,19,21). The van der Waals surface area contributed by atoms with Gasteiger partial charge in [-0.1, -0.05) is 12.1 Å². The lowest BCUT2D eigenvalue weighted by atomic mass is 10.1. The van der Waals surface area contributed by atoms with Gasteiger partial charge in [-0.3, -0.25) is 9.59 Å². The van der Waals surface area contributed by atoms with Crippen LogP contribution in [-0.4, -0.2) is 23.8 Å². The van der Waals surface area contributed by atoms with Crippen LogP contribution in [0.5, 0.6) is 0 Å². The molecule has 2 amide bonds.